The first kappa shape index (κ1) is 19.4. The van der Waals surface area contributed by atoms with Crippen molar-refractivity contribution in [3.63, 3.8) is 0 Å². The Kier molecular flexibility index (Phi) is 7.91. The van der Waals surface area contributed by atoms with Gasteiger partial charge in [0.2, 0.25) is 5.91 Å². The highest BCUT2D eigenvalue weighted by Crippen LogP contribution is 2.29. The summed E-state index contributed by atoms with van der Waals surface area (Å²) in [6.07, 6.45) is 3.80. The minimum atomic E-state index is -2.88. The molecule has 0 aromatic heterocycles. The van der Waals surface area contributed by atoms with Crippen LogP contribution in [-0.4, -0.2) is 43.7 Å². The average Bonchev–Trinajstić information content (AvgIpc) is 2.78. The van der Waals surface area contributed by atoms with Crippen molar-refractivity contribution in [2.45, 2.75) is 45.8 Å². The highest BCUT2D eigenvalue weighted by Gasteiger charge is 2.16. The Morgan fingerprint density at radius 1 is 1.24 bits per heavy atom. The van der Waals surface area contributed by atoms with Crippen LogP contribution in [-0.2, 0) is 11.3 Å². The summed E-state index contributed by atoms with van der Waals surface area (Å²) in [5.41, 5.74) is 0.909. The number of benzene rings is 1. The molecule has 0 atom stereocenters. The molecule has 1 aliphatic rings. The Morgan fingerprint density at radius 2 is 2.08 bits per heavy atom. The van der Waals surface area contributed by atoms with E-state index in [0.717, 1.165) is 31.4 Å². The van der Waals surface area contributed by atoms with E-state index < -0.39 is 6.61 Å². The van der Waals surface area contributed by atoms with Crippen LogP contribution < -0.4 is 14.8 Å². The van der Waals surface area contributed by atoms with Crippen LogP contribution in [0.25, 0.3) is 0 Å². The molecular formula is C18H26F2N2O3. The lowest BCUT2D eigenvalue weighted by atomic mass is 10.2. The van der Waals surface area contributed by atoms with E-state index in [1.807, 2.05) is 4.90 Å². The minimum Gasteiger partial charge on any atom is -0.490 e. The van der Waals surface area contributed by atoms with E-state index in [1.165, 1.54) is 6.07 Å². The molecule has 1 fully saturated rings. The zero-order chi connectivity index (χ0) is 18.1. The number of carbonyl (C=O) groups excluding carboxylic acids is 1. The summed E-state index contributed by atoms with van der Waals surface area (Å²) >= 11 is 0. The highest BCUT2D eigenvalue weighted by molar-refractivity contribution is 5.76. The Hall–Kier alpha value is -1.89. The van der Waals surface area contributed by atoms with Crippen LogP contribution >= 0.6 is 0 Å². The summed E-state index contributed by atoms with van der Waals surface area (Å²) in [6.45, 7) is 2.04. The van der Waals surface area contributed by atoms with Gasteiger partial charge in [-0.2, -0.15) is 8.78 Å². The van der Waals surface area contributed by atoms with Gasteiger partial charge in [0.1, 0.15) is 0 Å². The molecule has 1 heterocycles. The standard InChI is InChI=1S/C18H26F2N2O3/c1-2-24-16-12-14(7-8-15(16)25-18(19)20)13-21-9-11-22-10-5-3-4-6-17(22)23/h7-8,12,18,21H,2-6,9-11,13H2,1H3. The van der Waals surface area contributed by atoms with Gasteiger partial charge >= 0.3 is 6.61 Å². The molecule has 5 nitrogen and oxygen atoms in total. The van der Waals surface area contributed by atoms with E-state index in [4.69, 9.17) is 4.74 Å². The molecule has 1 N–H and O–H groups in total. The fraction of sp³-hybridized carbons (Fsp3) is 0.611. The summed E-state index contributed by atoms with van der Waals surface area (Å²) in [5, 5.41) is 3.28. The predicted octanol–water partition coefficient (Wildman–Crippen LogP) is 3.18. The Balaban J connectivity index is 1.83. The largest absolute Gasteiger partial charge is 0.490 e. The maximum Gasteiger partial charge on any atom is 0.387 e. The lowest BCUT2D eigenvalue weighted by Crippen LogP contribution is -2.36. The van der Waals surface area contributed by atoms with Gasteiger partial charge in [-0.1, -0.05) is 12.5 Å². The molecule has 2 rings (SSSR count). The molecule has 1 saturated heterocycles. The SMILES string of the molecule is CCOc1cc(CNCCN2CCCCCC2=O)ccc1OC(F)F. The first-order valence-electron chi connectivity index (χ1n) is 8.79. The Morgan fingerprint density at radius 3 is 2.84 bits per heavy atom. The molecule has 0 aliphatic carbocycles. The van der Waals surface area contributed by atoms with Crippen molar-refractivity contribution >= 4 is 5.91 Å². The number of nitrogens with zero attached hydrogens (tertiary/aromatic N) is 1. The van der Waals surface area contributed by atoms with Gasteiger partial charge in [0.25, 0.3) is 0 Å². The van der Waals surface area contributed by atoms with Crippen molar-refractivity contribution in [1.29, 1.82) is 0 Å². The summed E-state index contributed by atoms with van der Waals surface area (Å²) in [6, 6.07) is 4.92. The number of amides is 1. The number of rotatable bonds is 9. The molecule has 0 bridgehead atoms. The Labute approximate surface area is 147 Å². The van der Waals surface area contributed by atoms with Gasteiger partial charge in [0.15, 0.2) is 11.5 Å². The highest BCUT2D eigenvalue weighted by atomic mass is 19.3. The number of carbonyl (C=O) groups is 1. The third-order valence-corrected chi connectivity index (χ3v) is 4.08. The summed E-state index contributed by atoms with van der Waals surface area (Å²) in [5.74, 6) is 0.576. The van der Waals surface area contributed by atoms with Crippen LogP contribution in [0.1, 0.15) is 38.2 Å². The predicted molar refractivity (Wildman–Crippen MR) is 91.0 cm³/mol. The van der Waals surface area contributed by atoms with Gasteiger partial charge in [-0.25, -0.2) is 0 Å². The number of hydrogen-bond donors (Lipinski definition) is 1. The Bertz CT molecular complexity index is 555. The normalized spacial score (nSPS) is 15.4. The number of alkyl halides is 2. The minimum absolute atomic E-state index is 0.0377. The third kappa shape index (κ3) is 6.49. The van der Waals surface area contributed by atoms with Crippen LogP contribution in [0.2, 0.25) is 0 Å². The molecule has 1 aromatic carbocycles. The summed E-state index contributed by atoms with van der Waals surface area (Å²) < 4.78 is 34.6. The van der Waals surface area contributed by atoms with Gasteiger partial charge in [-0.3, -0.25) is 4.79 Å². The zero-order valence-corrected chi connectivity index (χ0v) is 14.6. The van der Waals surface area contributed by atoms with Gasteiger partial charge in [0.05, 0.1) is 6.61 Å². The second-order valence-corrected chi connectivity index (χ2v) is 5.96. The van der Waals surface area contributed by atoms with E-state index in [0.29, 0.717) is 38.4 Å². The van der Waals surface area contributed by atoms with Gasteiger partial charge < -0.3 is 19.7 Å². The molecule has 1 amide bonds. The van der Waals surface area contributed by atoms with Crippen molar-refractivity contribution in [1.82, 2.24) is 10.2 Å². The molecule has 0 unspecified atom stereocenters. The second kappa shape index (κ2) is 10.2. The molecule has 0 radical (unpaired) electrons. The van der Waals surface area contributed by atoms with Gasteiger partial charge in [0, 0.05) is 32.6 Å². The maximum atomic E-state index is 12.4. The van der Waals surface area contributed by atoms with Crippen LogP contribution in [0, 0.1) is 0 Å². The lowest BCUT2D eigenvalue weighted by Gasteiger charge is -2.20. The number of halogens is 2. The van der Waals surface area contributed by atoms with E-state index in [2.05, 4.69) is 10.1 Å². The van der Waals surface area contributed by atoms with Crippen LogP contribution in [0.5, 0.6) is 11.5 Å². The monoisotopic (exact) mass is 356 g/mol. The quantitative estimate of drug-likeness (QED) is 0.691. The van der Waals surface area contributed by atoms with Gasteiger partial charge in [-0.15, -0.1) is 0 Å². The van der Waals surface area contributed by atoms with E-state index in [9.17, 15) is 13.6 Å². The first-order chi connectivity index (χ1) is 12.1. The van der Waals surface area contributed by atoms with E-state index >= 15 is 0 Å². The molecule has 1 aromatic rings. The van der Waals surface area contributed by atoms with Crippen molar-refractivity contribution < 1.29 is 23.0 Å². The molecule has 0 spiro atoms. The third-order valence-electron chi connectivity index (χ3n) is 4.08. The smallest absolute Gasteiger partial charge is 0.387 e. The molecule has 1 aliphatic heterocycles. The van der Waals surface area contributed by atoms with E-state index in [1.54, 1.807) is 19.1 Å². The average molecular weight is 356 g/mol. The first-order valence-corrected chi connectivity index (χ1v) is 8.79. The second-order valence-electron chi connectivity index (χ2n) is 5.96. The molecule has 0 saturated carbocycles. The van der Waals surface area contributed by atoms with Crippen molar-refractivity contribution in [2.24, 2.45) is 0 Å². The lowest BCUT2D eigenvalue weighted by molar-refractivity contribution is -0.130. The fourth-order valence-corrected chi connectivity index (χ4v) is 2.85. The number of hydrogen-bond acceptors (Lipinski definition) is 4. The van der Waals surface area contributed by atoms with Crippen molar-refractivity contribution in [2.75, 3.05) is 26.2 Å². The molecule has 25 heavy (non-hydrogen) atoms. The van der Waals surface area contributed by atoms with Crippen molar-refractivity contribution in [3.05, 3.63) is 23.8 Å². The van der Waals surface area contributed by atoms with Crippen molar-refractivity contribution in [3.8, 4) is 11.5 Å². The fourth-order valence-electron chi connectivity index (χ4n) is 2.85. The number of nitrogens with one attached hydrogen (secondary N) is 1. The molecule has 7 heteroatoms. The van der Waals surface area contributed by atoms with Crippen LogP contribution in [0.4, 0.5) is 8.78 Å². The summed E-state index contributed by atoms with van der Waals surface area (Å²) in [7, 11) is 0. The zero-order valence-electron chi connectivity index (χ0n) is 14.6. The van der Waals surface area contributed by atoms with E-state index in [-0.39, 0.29) is 11.7 Å². The van der Waals surface area contributed by atoms with Gasteiger partial charge in [-0.05, 0) is 37.5 Å². The van der Waals surface area contributed by atoms with Crippen LogP contribution in [0.15, 0.2) is 18.2 Å². The molecular weight excluding hydrogens is 330 g/mol. The molecule has 140 valence electrons. The topological polar surface area (TPSA) is 50.8 Å². The number of likely N-dealkylation sites (tertiary alicyclic amines) is 1. The number of ether oxygens (including phenoxy) is 2. The maximum absolute atomic E-state index is 12.4. The summed E-state index contributed by atoms with van der Waals surface area (Å²) in [4.78, 5) is 13.8. The van der Waals surface area contributed by atoms with Crippen LogP contribution in [0.3, 0.4) is 0 Å².